The summed E-state index contributed by atoms with van der Waals surface area (Å²) in [5.74, 6) is 0.469. The average molecular weight is 468 g/mol. The summed E-state index contributed by atoms with van der Waals surface area (Å²) in [6.45, 7) is 12.6. The van der Waals surface area contributed by atoms with E-state index in [0.717, 1.165) is 34.9 Å². The molecule has 0 radical (unpaired) electrons. The lowest BCUT2D eigenvalue weighted by atomic mass is 9.98. The lowest BCUT2D eigenvalue weighted by molar-refractivity contribution is 0.470. The Bertz CT molecular complexity index is 1140. The molecule has 0 bridgehead atoms. The second-order valence-corrected chi connectivity index (χ2v) is 8.73. The van der Waals surface area contributed by atoms with Crippen LogP contribution in [0.5, 0.6) is 0 Å². The Morgan fingerprint density at radius 3 is 2.67 bits per heavy atom. The molecule has 0 spiro atoms. The van der Waals surface area contributed by atoms with Crippen LogP contribution in [-0.2, 0) is 0 Å². The van der Waals surface area contributed by atoms with Crippen molar-refractivity contribution in [2.75, 3.05) is 26.0 Å². The number of hydrogen-bond donors (Lipinski definition) is 2. The molecule has 1 aliphatic heterocycles. The summed E-state index contributed by atoms with van der Waals surface area (Å²) in [5.41, 5.74) is 5.05. The third-order valence-electron chi connectivity index (χ3n) is 5.66. The molecule has 2 N–H and O–H groups in total. The van der Waals surface area contributed by atoms with Crippen molar-refractivity contribution in [3.05, 3.63) is 95.1 Å². The number of nitrogens with zero attached hydrogens (tertiary/aromatic N) is 3. The van der Waals surface area contributed by atoms with Gasteiger partial charge in [0.2, 0.25) is 0 Å². The van der Waals surface area contributed by atoms with E-state index < -0.39 is 0 Å². The van der Waals surface area contributed by atoms with Crippen LogP contribution >= 0.6 is 11.6 Å². The Labute approximate surface area is 201 Å². The van der Waals surface area contributed by atoms with Gasteiger partial charge in [-0.1, -0.05) is 31.7 Å². The predicted octanol–water partition coefficient (Wildman–Crippen LogP) is 5.60. The molecule has 174 valence electrons. The van der Waals surface area contributed by atoms with Gasteiger partial charge < -0.3 is 20.4 Å². The van der Waals surface area contributed by atoms with Gasteiger partial charge in [-0.05, 0) is 43.7 Å². The van der Waals surface area contributed by atoms with Gasteiger partial charge in [0.1, 0.15) is 11.6 Å². The average Bonchev–Trinajstić information content (AvgIpc) is 2.79. The molecule has 0 amide bonds. The quantitative estimate of drug-likeness (QED) is 0.529. The summed E-state index contributed by atoms with van der Waals surface area (Å²) in [6, 6.07) is 6.74. The second-order valence-electron chi connectivity index (χ2n) is 8.30. The van der Waals surface area contributed by atoms with Crippen LogP contribution in [0, 0.1) is 5.82 Å². The maximum Gasteiger partial charge on any atom is 0.131 e. The SMILES string of the molecule is C=C1NC(N(C)C)=C(N(C)c2ccncc2C(=C)NC(C)CC)C=C1c1cc(Cl)ccc1F. The van der Waals surface area contributed by atoms with Crippen LogP contribution in [0.4, 0.5) is 10.1 Å². The molecule has 1 unspecified atom stereocenters. The summed E-state index contributed by atoms with van der Waals surface area (Å²) in [4.78, 5) is 8.32. The van der Waals surface area contributed by atoms with Crippen molar-refractivity contribution < 1.29 is 4.39 Å². The number of hydrogen-bond acceptors (Lipinski definition) is 5. The lowest BCUT2D eigenvalue weighted by Crippen LogP contribution is -2.34. The van der Waals surface area contributed by atoms with E-state index in [1.54, 1.807) is 18.5 Å². The molecule has 1 aromatic heterocycles. The van der Waals surface area contributed by atoms with Gasteiger partial charge in [-0.25, -0.2) is 4.39 Å². The minimum absolute atomic E-state index is 0.282. The minimum Gasteiger partial charge on any atom is -0.382 e. The van der Waals surface area contributed by atoms with E-state index in [2.05, 4.69) is 42.6 Å². The molecule has 0 saturated heterocycles. The van der Waals surface area contributed by atoms with Gasteiger partial charge in [-0.15, -0.1) is 0 Å². The topological polar surface area (TPSA) is 43.4 Å². The highest BCUT2D eigenvalue weighted by Gasteiger charge is 2.25. The van der Waals surface area contributed by atoms with Crippen LogP contribution in [0.1, 0.15) is 31.4 Å². The summed E-state index contributed by atoms with van der Waals surface area (Å²) >= 11 is 6.17. The van der Waals surface area contributed by atoms with E-state index in [1.807, 2.05) is 43.1 Å². The van der Waals surface area contributed by atoms with Gasteiger partial charge in [0.25, 0.3) is 0 Å². The van der Waals surface area contributed by atoms with Crippen molar-refractivity contribution in [2.45, 2.75) is 26.3 Å². The molecule has 5 nitrogen and oxygen atoms in total. The summed E-state index contributed by atoms with van der Waals surface area (Å²) in [7, 11) is 5.85. The van der Waals surface area contributed by atoms with Crippen LogP contribution < -0.4 is 15.5 Å². The third kappa shape index (κ3) is 5.22. The maximum atomic E-state index is 14.7. The number of nitrogens with one attached hydrogen (secondary N) is 2. The highest BCUT2D eigenvalue weighted by atomic mass is 35.5. The number of dihydropyridines is 1. The highest BCUT2D eigenvalue weighted by molar-refractivity contribution is 6.30. The zero-order chi connectivity index (χ0) is 24.3. The number of anilines is 1. The van der Waals surface area contributed by atoms with Crippen LogP contribution in [0.25, 0.3) is 11.3 Å². The molecule has 2 heterocycles. The zero-order valence-corrected chi connectivity index (χ0v) is 20.6. The highest BCUT2D eigenvalue weighted by Crippen LogP contribution is 2.35. The molecule has 1 aromatic carbocycles. The Hall–Kier alpha value is -3.25. The second kappa shape index (κ2) is 10.1. The molecule has 0 aliphatic carbocycles. The van der Waals surface area contributed by atoms with Crippen molar-refractivity contribution in [3.8, 4) is 0 Å². The standard InChI is InChI=1S/C26H31ClFN5/c1-8-16(2)30-18(4)22-15-29-12-11-24(22)33(7)25-14-20(17(3)31-26(25)32(5)6)21-13-19(27)9-10-23(21)28/h9-16,30-31H,3-4,8H2,1-2,5-7H3. The normalized spacial score (nSPS) is 14.4. The molecule has 3 rings (SSSR count). The first-order chi connectivity index (χ1) is 15.6. The maximum absolute atomic E-state index is 14.7. The first kappa shape index (κ1) is 24.4. The fourth-order valence-electron chi connectivity index (χ4n) is 3.63. The van der Waals surface area contributed by atoms with E-state index in [4.69, 9.17) is 11.6 Å². The molecule has 33 heavy (non-hydrogen) atoms. The van der Waals surface area contributed by atoms with E-state index in [1.165, 1.54) is 12.1 Å². The van der Waals surface area contributed by atoms with E-state index >= 15 is 0 Å². The van der Waals surface area contributed by atoms with E-state index in [-0.39, 0.29) is 11.9 Å². The fourth-order valence-corrected chi connectivity index (χ4v) is 3.80. The number of likely N-dealkylation sites (N-methyl/N-ethyl adjacent to an activating group) is 1. The molecule has 7 heteroatoms. The fraction of sp³-hybridized carbons (Fsp3) is 0.269. The van der Waals surface area contributed by atoms with Crippen molar-refractivity contribution in [1.29, 1.82) is 0 Å². The van der Waals surface area contributed by atoms with Gasteiger partial charge in [0.05, 0.1) is 11.4 Å². The Morgan fingerprint density at radius 2 is 2.00 bits per heavy atom. The van der Waals surface area contributed by atoms with Crippen LogP contribution in [0.3, 0.4) is 0 Å². The molecular formula is C26H31ClFN5. The largest absolute Gasteiger partial charge is 0.382 e. The molecule has 2 aromatic rings. The summed E-state index contributed by atoms with van der Waals surface area (Å²) < 4.78 is 14.7. The Morgan fingerprint density at radius 1 is 1.27 bits per heavy atom. The zero-order valence-electron chi connectivity index (χ0n) is 19.8. The van der Waals surface area contributed by atoms with Gasteiger partial charge >= 0.3 is 0 Å². The minimum atomic E-state index is -0.361. The summed E-state index contributed by atoms with van der Waals surface area (Å²) in [5, 5.41) is 7.24. The molecule has 1 aliphatic rings. The van der Waals surface area contributed by atoms with Gasteiger partial charge in [0.15, 0.2) is 0 Å². The Balaban J connectivity index is 2.12. The molecule has 0 saturated carbocycles. The third-order valence-corrected chi connectivity index (χ3v) is 5.90. The number of benzene rings is 1. The van der Waals surface area contributed by atoms with Crippen LogP contribution in [0.2, 0.25) is 5.02 Å². The van der Waals surface area contributed by atoms with Crippen molar-refractivity contribution in [3.63, 3.8) is 0 Å². The number of rotatable bonds is 8. The number of pyridine rings is 1. The molecular weight excluding hydrogens is 437 g/mol. The number of allylic oxidation sites excluding steroid dienone is 2. The molecule has 0 fully saturated rings. The molecule has 1 atom stereocenters. The predicted molar refractivity (Wildman–Crippen MR) is 137 cm³/mol. The van der Waals surface area contributed by atoms with E-state index in [9.17, 15) is 4.39 Å². The van der Waals surface area contributed by atoms with Crippen molar-refractivity contribution >= 4 is 28.6 Å². The summed E-state index contributed by atoms with van der Waals surface area (Å²) in [6.07, 6.45) is 6.45. The van der Waals surface area contributed by atoms with E-state index in [0.29, 0.717) is 21.9 Å². The van der Waals surface area contributed by atoms with Gasteiger partial charge in [0, 0.05) is 72.7 Å². The van der Waals surface area contributed by atoms with Crippen molar-refractivity contribution in [2.24, 2.45) is 0 Å². The van der Waals surface area contributed by atoms with Gasteiger partial charge in [-0.2, -0.15) is 0 Å². The number of halogens is 2. The van der Waals surface area contributed by atoms with Crippen molar-refractivity contribution in [1.82, 2.24) is 20.5 Å². The smallest absolute Gasteiger partial charge is 0.131 e. The lowest BCUT2D eigenvalue weighted by Gasteiger charge is -2.34. The first-order valence-electron chi connectivity index (χ1n) is 10.8. The number of aromatic nitrogens is 1. The first-order valence-corrected chi connectivity index (χ1v) is 11.2. The monoisotopic (exact) mass is 467 g/mol. The van der Waals surface area contributed by atoms with Gasteiger partial charge in [-0.3, -0.25) is 4.98 Å². The van der Waals surface area contributed by atoms with Crippen LogP contribution in [-0.4, -0.2) is 37.1 Å². The van der Waals surface area contributed by atoms with Crippen LogP contribution in [0.15, 0.2) is 73.1 Å². The Kier molecular flexibility index (Phi) is 7.49.